The molecular formula is C4H7O7P. The van der Waals surface area contributed by atoms with Gasteiger partial charge in [0.2, 0.25) is 0 Å². The molecule has 0 aromatic carbocycles. The zero-order valence-electron chi connectivity index (χ0n) is 5.87. The van der Waals surface area contributed by atoms with Gasteiger partial charge in [0, 0.05) is 6.42 Å². The zero-order valence-corrected chi connectivity index (χ0v) is 6.77. The Morgan fingerprint density at radius 2 is 2.08 bits per heavy atom. The van der Waals surface area contributed by atoms with Crippen LogP contribution < -0.4 is 0 Å². The second kappa shape index (κ2) is 5.00. The molecule has 0 heterocycles. The van der Waals surface area contributed by atoms with E-state index in [1.54, 1.807) is 0 Å². The van der Waals surface area contributed by atoms with Crippen LogP contribution in [0.4, 0.5) is 0 Å². The first-order chi connectivity index (χ1) is 5.45. The van der Waals surface area contributed by atoms with Crippen LogP contribution in [0.2, 0.25) is 0 Å². The predicted molar refractivity (Wildman–Crippen MR) is 34.5 cm³/mol. The minimum Gasteiger partial charge on any atom is -0.303 e. The molecule has 12 heavy (non-hydrogen) atoms. The maximum atomic E-state index is 10.4. The van der Waals surface area contributed by atoms with Gasteiger partial charge in [-0.2, -0.15) is 0 Å². The molecule has 70 valence electrons. The molecule has 0 spiro atoms. The van der Waals surface area contributed by atoms with E-state index >= 15 is 0 Å². The molecule has 0 aromatic rings. The highest BCUT2D eigenvalue weighted by atomic mass is 31.2. The summed E-state index contributed by atoms with van der Waals surface area (Å²) >= 11 is 0. The van der Waals surface area contributed by atoms with Crippen molar-refractivity contribution in [2.24, 2.45) is 0 Å². The third-order valence-electron chi connectivity index (χ3n) is 0.694. The average Bonchev–Trinajstić information content (AvgIpc) is 1.95. The number of carbonyl (C=O) groups excluding carboxylic acids is 2. The SMILES string of the molecule is O=CCCC(=O)OOP(=O)(O)O. The number of hydrogen-bond acceptors (Lipinski definition) is 5. The first-order valence-corrected chi connectivity index (χ1v) is 4.37. The highest BCUT2D eigenvalue weighted by Crippen LogP contribution is 2.35. The topological polar surface area (TPSA) is 110 Å². The van der Waals surface area contributed by atoms with Crippen LogP contribution in [0.25, 0.3) is 0 Å². The number of rotatable bonds is 5. The van der Waals surface area contributed by atoms with Gasteiger partial charge in [-0.05, 0) is 0 Å². The average molecular weight is 198 g/mol. The van der Waals surface area contributed by atoms with E-state index in [-0.39, 0.29) is 12.8 Å². The van der Waals surface area contributed by atoms with Crippen molar-refractivity contribution in [3.05, 3.63) is 0 Å². The summed E-state index contributed by atoms with van der Waals surface area (Å²) in [5.74, 6) is -1.01. The van der Waals surface area contributed by atoms with Gasteiger partial charge in [0.15, 0.2) is 0 Å². The molecular weight excluding hydrogens is 191 g/mol. The molecule has 0 amide bonds. The normalized spacial score (nSPS) is 10.8. The lowest BCUT2D eigenvalue weighted by molar-refractivity contribution is -0.222. The lowest BCUT2D eigenvalue weighted by Gasteiger charge is -2.01. The van der Waals surface area contributed by atoms with Gasteiger partial charge in [-0.15, -0.1) is 0 Å². The summed E-state index contributed by atoms with van der Waals surface area (Å²) in [6, 6.07) is 0. The maximum absolute atomic E-state index is 10.4. The second-order valence-corrected chi connectivity index (χ2v) is 2.86. The molecule has 0 aliphatic carbocycles. The van der Waals surface area contributed by atoms with E-state index in [4.69, 9.17) is 9.79 Å². The molecule has 0 bridgehead atoms. The third kappa shape index (κ3) is 7.36. The standard InChI is InChI=1S/C4H7O7P/c5-3-1-2-4(6)10-11-12(7,8)9/h3H,1-2H2,(H2,7,8,9). The molecule has 0 atom stereocenters. The van der Waals surface area contributed by atoms with E-state index in [2.05, 4.69) is 9.56 Å². The van der Waals surface area contributed by atoms with Crippen molar-refractivity contribution in [3.8, 4) is 0 Å². The fourth-order valence-corrected chi connectivity index (χ4v) is 0.489. The Morgan fingerprint density at radius 3 is 2.50 bits per heavy atom. The van der Waals surface area contributed by atoms with Crippen molar-refractivity contribution < 1.29 is 33.5 Å². The van der Waals surface area contributed by atoms with Gasteiger partial charge in [0.1, 0.15) is 6.29 Å². The van der Waals surface area contributed by atoms with E-state index < -0.39 is 13.8 Å². The number of carbonyl (C=O) groups is 2. The van der Waals surface area contributed by atoms with Crippen LogP contribution in [-0.4, -0.2) is 22.0 Å². The molecule has 0 aliphatic rings. The lowest BCUT2D eigenvalue weighted by Crippen LogP contribution is -2.04. The van der Waals surface area contributed by atoms with Gasteiger partial charge in [0.05, 0.1) is 6.42 Å². The number of aldehydes is 1. The van der Waals surface area contributed by atoms with Crippen molar-refractivity contribution in [2.45, 2.75) is 12.8 Å². The Morgan fingerprint density at radius 1 is 1.50 bits per heavy atom. The monoisotopic (exact) mass is 198 g/mol. The van der Waals surface area contributed by atoms with Crippen LogP contribution in [0.1, 0.15) is 12.8 Å². The van der Waals surface area contributed by atoms with Crippen LogP contribution in [0.15, 0.2) is 0 Å². The summed E-state index contributed by atoms with van der Waals surface area (Å²) in [4.78, 5) is 39.8. The van der Waals surface area contributed by atoms with Crippen LogP contribution in [0, 0.1) is 0 Å². The Kier molecular flexibility index (Phi) is 4.68. The molecule has 8 heteroatoms. The van der Waals surface area contributed by atoms with Crippen molar-refractivity contribution in [2.75, 3.05) is 0 Å². The van der Waals surface area contributed by atoms with E-state index in [1.165, 1.54) is 0 Å². The molecule has 0 radical (unpaired) electrons. The van der Waals surface area contributed by atoms with Crippen LogP contribution in [0.3, 0.4) is 0 Å². The zero-order chi connectivity index (χ0) is 9.61. The quantitative estimate of drug-likeness (QED) is 0.266. The van der Waals surface area contributed by atoms with Gasteiger partial charge in [0.25, 0.3) is 0 Å². The van der Waals surface area contributed by atoms with E-state index in [0.29, 0.717) is 6.29 Å². The number of hydrogen-bond donors (Lipinski definition) is 2. The summed E-state index contributed by atoms with van der Waals surface area (Å²) in [6.07, 6.45) is 0.117. The van der Waals surface area contributed by atoms with Gasteiger partial charge in [-0.25, -0.2) is 9.36 Å². The Hall–Kier alpha value is -0.750. The summed E-state index contributed by atoms with van der Waals surface area (Å²) < 4.78 is 13.3. The first kappa shape index (κ1) is 11.2. The van der Waals surface area contributed by atoms with Gasteiger partial charge >= 0.3 is 13.8 Å². The summed E-state index contributed by atoms with van der Waals surface area (Å²) in [6.45, 7) is 0. The van der Waals surface area contributed by atoms with Crippen LogP contribution in [-0.2, 0) is 23.7 Å². The summed E-state index contributed by atoms with van der Waals surface area (Å²) in [5, 5.41) is 0. The Bertz CT molecular complexity index is 205. The Labute approximate surface area is 67.5 Å². The van der Waals surface area contributed by atoms with Crippen molar-refractivity contribution in [1.29, 1.82) is 0 Å². The molecule has 0 unspecified atom stereocenters. The van der Waals surface area contributed by atoms with Crippen molar-refractivity contribution in [1.82, 2.24) is 0 Å². The molecule has 0 aromatic heterocycles. The van der Waals surface area contributed by atoms with Gasteiger partial charge in [-0.1, -0.05) is 4.67 Å². The second-order valence-electron chi connectivity index (χ2n) is 1.73. The maximum Gasteiger partial charge on any atom is 0.505 e. The molecule has 2 N–H and O–H groups in total. The van der Waals surface area contributed by atoms with Crippen molar-refractivity contribution in [3.63, 3.8) is 0 Å². The minimum atomic E-state index is -4.78. The van der Waals surface area contributed by atoms with E-state index in [9.17, 15) is 14.2 Å². The smallest absolute Gasteiger partial charge is 0.303 e. The third-order valence-corrected chi connectivity index (χ3v) is 0.962. The minimum absolute atomic E-state index is 0.0800. The molecule has 0 aliphatic heterocycles. The van der Waals surface area contributed by atoms with E-state index in [0.717, 1.165) is 0 Å². The first-order valence-electron chi connectivity index (χ1n) is 2.84. The molecule has 0 saturated carbocycles. The Balaban J connectivity index is 3.58. The van der Waals surface area contributed by atoms with Crippen LogP contribution >= 0.6 is 7.82 Å². The summed E-state index contributed by atoms with van der Waals surface area (Å²) in [7, 11) is -4.78. The number of phosphoric acid groups is 1. The van der Waals surface area contributed by atoms with Gasteiger partial charge in [-0.3, -0.25) is 4.89 Å². The molecule has 0 fully saturated rings. The largest absolute Gasteiger partial charge is 0.505 e. The molecule has 0 rings (SSSR count). The van der Waals surface area contributed by atoms with Crippen LogP contribution in [0.5, 0.6) is 0 Å². The van der Waals surface area contributed by atoms with Crippen molar-refractivity contribution >= 4 is 20.1 Å². The molecule has 0 saturated heterocycles. The van der Waals surface area contributed by atoms with Gasteiger partial charge < -0.3 is 14.6 Å². The lowest BCUT2D eigenvalue weighted by atomic mass is 10.3. The molecule has 7 nitrogen and oxygen atoms in total. The summed E-state index contributed by atoms with van der Waals surface area (Å²) in [5.41, 5.74) is 0. The predicted octanol–water partition coefficient (Wildman–Crippen LogP) is -0.467. The fourth-order valence-electron chi connectivity index (χ4n) is 0.309. The highest BCUT2D eigenvalue weighted by Gasteiger charge is 2.18. The van der Waals surface area contributed by atoms with E-state index in [1.807, 2.05) is 0 Å². The highest BCUT2D eigenvalue weighted by molar-refractivity contribution is 7.46. The fraction of sp³-hybridized carbons (Fsp3) is 0.500.